The molecular weight excluding hydrogens is 176 g/mol. The van der Waals surface area contributed by atoms with Gasteiger partial charge in [0.25, 0.3) is 5.91 Å². The smallest absolute Gasteiger partial charge is 0.265 e. The minimum atomic E-state index is -0.179. The average Bonchev–Trinajstić information content (AvgIpc) is 2.17. The second-order valence-electron chi connectivity index (χ2n) is 3.18. The van der Waals surface area contributed by atoms with Crippen LogP contribution in [0.5, 0.6) is 0 Å². The van der Waals surface area contributed by atoms with Gasteiger partial charge in [0.2, 0.25) is 0 Å². The number of carbonyl (C=O) groups excluding carboxylic acids is 1. The fourth-order valence-corrected chi connectivity index (χ4v) is 1.04. The van der Waals surface area contributed by atoms with Crippen LogP contribution in [0.25, 0.3) is 5.57 Å². The molecule has 0 aromatic heterocycles. The summed E-state index contributed by atoms with van der Waals surface area (Å²) in [4.78, 5) is 11.5. The van der Waals surface area contributed by atoms with Crippen molar-refractivity contribution >= 4 is 11.5 Å². The van der Waals surface area contributed by atoms with Crippen molar-refractivity contribution in [2.24, 2.45) is 0 Å². The standard InChI is InChI=1S/C11H14N2O/c1-9(11(14)12-13(2)3)10-7-5-4-6-8-10/h4-8H,1H2,2-3H3,(H,12,14). The highest BCUT2D eigenvalue weighted by Gasteiger charge is 2.08. The third kappa shape index (κ3) is 2.71. The van der Waals surface area contributed by atoms with E-state index in [1.54, 1.807) is 19.1 Å². The molecule has 0 aliphatic heterocycles. The van der Waals surface area contributed by atoms with Crippen molar-refractivity contribution in [3.63, 3.8) is 0 Å². The number of hydrazine groups is 1. The average molecular weight is 190 g/mol. The minimum Gasteiger partial charge on any atom is -0.285 e. The molecule has 0 aliphatic rings. The highest BCUT2D eigenvalue weighted by Crippen LogP contribution is 2.10. The predicted octanol–water partition coefficient (Wildman–Crippen LogP) is 1.29. The minimum absolute atomic E-state index is 0.179. The molecule has 0 saturated heterocycles. The Bertz CT molecular complexity index is 330. The van der Waals surface area contributed by atoms with Gasteiger partial charge in [0.05, 0.1) is 0 Å². The van der Waals surface area contributed by atoms with Crippen molar-refractivity contribution in [2.45, 2.75) is 0 Å². The first-order valence-corrected chi connectivity index (χ1v) is 4.34. The zero-order valence-corrected chi connectivity index (χ0v) is 8.45. The van der Waals surface area contributed by atoms with Crippen LogP contribution in [0.1, 0.15) is 5.56 Å². The molecule has 0 atom stereocenters. The van der Waals surface area contributed by atoms with Gasteiger partial charge in [-0.05, 0) is 5.56 Å². The molecule has 1 amide bonds. The summed E-state index contributed by atoms with van der Waals surface area (Å²) in [5.74, 6) is -0.179. The summed E-state index contributed by atoms with van der Waals surface area (Å²) in [6.45, 7) is 3.74. The van der Waals surface area contributed by atoms with Gasteiger partial charge in [-0.2, -0.15) is 0 Å². The number of nitrogens with one attached hydrogen (secondary N) is 1. The lowest BCUT2D eigenvalue weighted by Gasteiger charge is -2.13. The SMILES string of the molecule is C=C(C(=O)NN(C)C)c1ccccc1. The Morgan fingerprint density at radius 3 is 2.36 bits per heavy atom. The number of nitrogens with zero attached hydrogens (tertiary/aromatic N) is 1. The number of rotatable bonds is 3. The van der Waals surface area contributed by atoms with Crippen molar-refractivity contribution in [3.8, 4) is 0 Å². The number of hydrogen-bond donors (Lipinski definition) is 1. The van der Waals surface area contributed by atoms with Crippen LogP contribution in [0.2, 0.25) is 0 Å². The molecule has 1 N–H and O–H groups in total. The van der Waals surface area contributed by atoms with Crippen molar-refractivity contribution in [1.82, 2.24) is 10.4 Å². The van der Waals surface area contributed by atoms with E-state index in [-0.39, 0.29) is 5.91 Å². The van der Waals surface area contributed by atoms with Gasteiger partial charge >= 0.3 is 0 Å². The highest BCUT2D eigenvalue weighted by molar-refractivity contribution is 6.18. The topological polar surface area (TPSA) is 32.3 Å². The second kappa shape index (κ2) is 4.58. The summed E-state index contributed by atoms with van der Waals surface area (Å²) in [6.07, 6.45) is 0. The monoisotopic (exact) mass is 190 g/mol. The van der Waals surface area contributed by atoms with Gasteiger partial charge in [0, 0.05) is 19.7 Å². The lowest BCUT2D eigenvalue weighted by atomic mass is 10.1. The Morgan fingerprint density at radius 1 is 1.29 bits per heavy atom. The Hall–Kier alpha value is -1.61. The van der Waals surface area contributed by atoms with Gasteiger partial charge in [-0.3, -0.25) is 10.2 Å². The van der Waals surface area contributed by atoms with E-state index in [0.717, 1.165) is 5.56 Å². The zero-order chi connectivity index (χ0) is 10.6. The second-order valence-corrected chi connectivity index (χ2v) is 3.18. The Kier molecular flexibility index (Phi) is 3.42. The van der Waals surface area contributed by atoms with Crippen molar-refractivity contribution in [2.75, 3.05) is 14.1 Å². The van der Waals surface area contributed by atoms with E-state index >= 15 is 0 Å². The molecule has 1 rings (SSSR count). The molecule has 1 aromatic rings. The van der Waals surface area contributed by atoms with Crippen LogP contribution < -0.4 is 5.43 Å². The summed E-state index contributed by atoms with van der Waals surface area (Å²) < 4.78 is 0. The van der Waals surface area contributed by atoms with E-state index in [9.17, 15) is 4.79 Å². The van der Waals surface area contributed by atoms with E-state index in [1.165, 1.54) is 0 Å². The molecule has 0 unspecified atom stereocenters. The van der Waals surface area contributed by atoms with Crippen molar-refractivity contribution in [3.05, 3.63) is 42.5 Å². The number of carbonyl (C=O) groups is 1. The van der Waals surface area contributed by atoms with Crippen LogP contribution in [0, 0.1) is 0 Å². The highest BCUT2D eigenvalue weighted by atomic mass is 16.2. The van der Waals surface area contributed by atoms with E-state index in [2.05, 4.69) is 12.0 Å². The maximum Gasteiger partial charge on any atom is 0.265 e. The Labute approximate surface area is 84.0 Å². The van der Waals surface area contributed by atoms with E-state index in [4.69, 9.17) is 0 Å². The molecule has 3 nitrogen and oxygen atoms in total. The van der Waals surface area contributed by atoms with Gasteiger partial charge in [0.1, 0.15) is 0 Å². The molecule has 0 saturated carbocycles. The summed E-state index contributed by atoms with van der Waals surface area (Å²) in [7, 11) is 3.52. The van der Waals surface area contributed by atoms with Crippen LogP contribution >= 0.6 is 0 Å². The third-order valence-electron chi connectivity index (χ3n) is 1.72. The number of amides is 1. The molecule has 1 aromatic carbocycles. The van der Waals surface area contributed by atoms with Gasteiger partial charge < -0.3 is 0 Å². The van der Waals surface area contributed by atoms with Crippen LogP contribution in [0.4, 0.5) is 0 Å². The summed E-state index contributed by atoms with van der Waals surface area (Å²) >= 11 is 0. The first-order valence-electron chi connectivity index (χ1n) is 4.34. The molecular formula is C11H14N2O. The molecule has 0 heterocycles. The van der Waals surface area contributed by atoms with E-state index < -0.39 is 0 Å². The molecule has 0 aliphatic carbocycles. The van der Waals surface area contributed by atoms with Gasteiger partial charge in [-0.25, -0.2) is 5.01 Å². The summed E-state index contributed by atoms with van der Waals surface area (Å²) in [5, 5.41) is 1.59. The zero-order valence-electron chi connectivity index (χ0n) is 8.45. The van der Waals surface area contributed by atoms with Crippen LogP contribution in [0.3, 0.4) is 0 Å². The molecule has 0 radical (unpaired) electrons. The van der Waals surface area contributed by atoms with Gasteiger partial charge in [-0.1, -0.05) is 36.9 Å². The third-order valence-corrected chi connectivity index (χ3v) is 1.72. The Morgan fingerprint density at radius 2 is 1.86 bits per heavy atom. The lowest BCUT2D eigenvalue weighted by Crippen LogP contribution is -2.36. The van der Waals surface area contributed by atoms with Crippen LogP contribution in [-0.2, 0) is 4.79 Å². The first-order chi connectivity index (χ1) is 6.61. The molecule has 74 valence electrons. The normalized spacial score (nSPS) is 9.93. The molecule has 14 heavy (non-hydrogen) atoms. The molecule has 0 bridgehead atoms. The van der Waals surface area contributed by atoms with E-state index in [0.29, 0.717) is 5.57 Å². The Balaban J connectivity index is 2.72. The fourth-order valence-electron chi connectivity index (χ4n) is 1.04. The first kappa shape index (κ1) is 10.5. The maximum atomic E-state index is 11.5. The quantitative estimate of drug-likeness (QED) is 0.575. The number of hydrogen-bond acceptors (Lipinski definition) is 2. The molecule has 3 heteroatoms. The summed E-state index contributed by atoms with van der Waals surface area (Å²) in [6, 6.07) is 9.38. The van der Waals surface area contributed by atoms with Crippen molar-refractivity contribution < 1.29 is 4.79 Å². The van der Waals surface area contributed by atoms with Crippen molar-refractivity contribution in [1.29, 1.82) is 0 Å². The lowest BCUT2D eigenvalue weighted by molar-refractivity contribution is -0.119. The van der Waals surface area contributed by atoms with Gasteiger partial charge in [0.15, 0.2) is 0 Å². The number of benzene rings is 1. The molecule has 0 fully saturated rings. The molecule has 0 spiro atoms. The maximum absolute atomic E-state index is 11.5. The van der Waals surface area contributed by atoms with Gasteiger partial charge in [-0.15, -0.1) is 0 Å². The fraction of sp³-hybridized carbons (Fsp3) is 0.182. The largest absolute Gasteiger partial charge is 0.285 e. The van der Waals surface area contributed by atoms with Crippen LogP contribution in [-0.4, -0.2) is 25.0 Å². The summed E-state index contributed by atoms with van der Waals surface area (Å²) in [5.41, 5.74) is 3.95. The predicted molar refractivity (Wildman–Crippen MR) is 57.3 cm³/mol. The van der Waals surface area contributed by atoms with Crippen LogP contribution in [0.15, 0.2) is 36.9 Å². The van der Waals surface area contributed by atoms with E-state index in [1.807, 2.05) is 30.3 Å².